The number of carbonyl (C=O) groups excluding carboxylic acids is 1. The van der Waals surface area contributed by atoms with E-state index in [0.717, 1.165) is 31.4 Å². The molecule has 1 atom stereocenters. The molecule has 0 saturated carbocycles. The van der Waals surface area contributed by atoms with Crippen LogP contribution in [-0.4, -0.2) is 46.5 Å². The Balaban J connectivity index is 1.70. The first-order valence-electron chi connectivity index (χ1n) is 8.07. The maximum atomic E-state index is 14.4. The second kappa shape index (κ2) is 6.66. The molecule has 0 aromatic carbocycles. The van der Waals surface area contributed by atoms with Gasteiger partial charge in [-0.2, -0.15) is 4.39 Å². The van der Waals surface area contributed by atoms with E-state index < -0.39 is 5.95 Å². The number of imidazole rings is 1. The van der Waals surface area contributed by atoms with Gasteiger partial charge in [0, 0.05) is 26.4 Å². The Morgan fingerprint density at radius 1 is 1.48 bits per heavy atom. The van der Waals surface area contributed by atoms with Gasteiger partial charge in [0.25, 0.3) is 5.91 Å². The monoisotopic (exact) mass is 319 g/mol. The highest BCUT2D eigenvalue weighted by molar-refractivity contribution is 5.93. The Hall–Kier alpha value is -1.95. The SMILES string of the molecule is Cc1ccc2nc(C(=O)N(C)CCC3CCCCO3)c(F)n2c1. The number of aromatic nitrogens is 2. The van der Waals surface area contributed by atoms with Crippen LogP contribution in [-0.2, 0) is 4.74 Å². The zero-order chi connectivity index (χ0) is 16.4. The summed E-state index contributed by atoms with van der Waals surface area (Å²) in [6, 6.07) is 3.56. The van der Waals surface area contributed by atoms with Crippen LogP contribution in [0, 0.1) is 12.9 Å². The first kappa shape index (κ1) is 15.9. The van der Waals surface area contributed by atoms with Gasteiger partial charge in [0.15, 0.2) is 5.69 Å². The number of pyridine rings is 1. The molecule has 6 heteroatoms. The third-order valence-corrected chi connectivity index (χ3v) is 4.32. The fourth-order valence-corrected chi connectivity index (χ4v) is 2.91. The second-order valence-electron chi connectivity index (χ2n) is 6.19. The zero-order valence-electron chi connectivity index (χ0n) is 13.6. The van der Waals surface area contributed by atoms with E-state index in [0.29, 0.717) is 12.2 Å². The van der Waals surface area contributed by atoms with Crippen molar-refractivity contribution in [3.63, 3.8) is 0 Å². The quantitative estimate of drug-likeness (QED) is 0.870. The lowest BCUT2D eigenvalue weighted by atomic mass is 10.1. The van der Waals surface area contributed by atoms with Gasteiger partial charge in [-0.3, -0.25) is 9.20 Å². The Morgan fingerprint density at radius 3 is 3.04 bits per heavy atom. The lowest BCUT2D eigenvalue weighted by molar-refractivity contribution is 0.00703. The molecule has 1 aliphatic rings. The number of rotatable bonds is 4. The highest BCUT2D eigenvalue weighted by Gasteiger charge is 2.23. The fraction of sp³-hybridized carbons (Fsp3) is 0.529. The summed E-state index contributed by atoms with van der Waals surface area (Å²) in [7, 11) is 1.68. The molecule has 3 rings (SSSR count). The predicted octanol–water partition coefficient (Wildman–Crippen LogP) is 2.81. The molecular weight excluding hydrogens is 297 g/mol. The molecule has 1 unspecified atom stereocenters. The summed E-state index contributed by atoms with van der Waals surface area (Å²) in [6.07, 6.45) is 5.93. The van der Waals surface area contributed by atoms with Crippen molar-refractivity contribution in [2.45, 2.75) is 38.7 Å². The number of aryl methyl sites for hydroxylation is 1. The van der Waals surface area contributed by atoms with Gasteiger partial charge in [0.1, 0.15) is 5.65 Å². The predicted molar refractivity (Wildman–Crippen MR) is 85.1 cm³/mol. The maximum absolute atomic E-state index is 14.4. The van der Waals surface area contributed by atoms with Crippen molar-refractivity contribution in [3.8, 4) is 0 Å². The molecule has 0 radical (unpaired) electrons. The third kappa shape index (κ3) is 3.37. The van der Waals surface area contributed by atoms with Crippen LogP contribution >= 0.6 is 0 Å². The van der Waals surface area contributed by atoms with Crippen LogP contribution in [0.3, 0.4) is 0 Å². The van der Waals surface area contributed by atoms with E-state index >= 15 is 0 Å². The van der Waals surface area contributed by atoms with Gasteiger partial charge in [0.2, 0.25) is 5.95 Å². The minimum Gasteiger partial charge on any atom is -0.378 e. The van der Waals surface area contributed by atoms with Crippen molar-refractivity contribution in [1.82, 2.24) is 14.3 Å². The molecular formula is C17H22FN3O2. The van der Waals surface area contributed by atoms with E-state index in [9.17, 15) is 9.18 Å². The van der Waals surface area contributed by atoms with Crippen molar-refractivity contribution in [1.29, 1.82) is 0 Å². The highest BCUT2D eigenvalue weighted by Crippen LogP contribution is 2.17. The summed E-state index contributed by atoms with van der Waals surface area (Å²) < 4.78 is 21.4. The Labute approximate surface area is 135 Å². The van der Waals surface area contributed by atoms with Gasteiger partial charge in [-0.25, -0.2) is 4.98 Å². The van der Waals surface area contributed by atoms with E-state index in [1.54, 1.807) is 19.3 Å². The van der Waals surface area contributed by atoms with Crippen LogP contribution in [0.2, 0.25) is 0 Å². The van der Waals surface area contributed by atoms with Gasteiger partial charge in [-0.15, -0.1) is 0 Å². The number of ether oxygens (including phenoxy) is 1. The maximum Gasteiger partial charge on any atom is 0.276 e. The largest absolute Gasteiger partial charge is 0.378 e. The smallest absolute Gasteiger partial charge is 0.276 e. The van der Waals surface area contributed by atoms with Gasteiger partial charge >= 0.3 is 0 Å². The van der Waals surface area contributed by atoms with E-state index in [4.69, 9.17) is 4.74 Å². The molecule has 1 amide bonds. The van der Waals surface area contributed by atoms with Crippen LogP contribution in [0.15, 0.2) is 18.3 Å². The summed E-state index contributed by atoms with van der Waals surface area (Å²) in [5.74, 6) is -0.992. The zero-order valence-corrected chi connectivity index (χ0v) is 13.6. The van der Waals surface area contributed by atoms with Crippen LogP contribution < -0.4 is 0 Å². The van der Waals surface area contributed by atoms with Crippen LogP contribution in [0.4, 0.5) is 4.39 Å². The summed E-state index contributed by atoms with van der Waals surface area (Å²) >= 11 is 0. The minimum atomic E-state index is -0.602. The van der Waals surface area contributed by atoms with Crippen molar-refractivity contribution >= 4 is 11.6 Å². The number of amides is 1. The normalized spacial score (nSPS) is 18.3. The Bertz CT molecular complexity index is 707. The topological polar surface area (TPSA) is 46.8 Å². The molecule has 124 valence electrons. The molecule has 5 nitrogen and oxygen atoms in total. The van der Waals surface area contributed by atoms with E-state index in [1.165, 1.54) is 15.7 Å². The fourth-order valence-electron chi connectivity index (χ4n) is 2.91. The van der Waals surface area contributed by atoms with Gasteiger partial charge in [-0.05, 0) is 44.2 Å². The van der Waals surface area contributed by atoms with Crippen molar-refractivity contribution < 1.29 is 13.9 Å². The first-order chi connectivity index (χ1) is 11.1. The second-order valence-corrected chi connectivity index (χ2v) is 6.19. The first-order valence-corrected chi connectivity index (χ1v) is 8.07. The van der Waals surface area contributed by atoms with Crippen molar-refractivity contribution in [2.24, 2.45) is 0 Å². The van der Waals surface area contributed by atoms with E-state index in [2.05, 4.69) is 4.98 Å². The number of hydrogen-bond acceptors (Lipinski definition) is 3. The number of carbonyl (C=O) groups is 1. The van der Waals surface area contributed by atoms with Crippen molar-refractivity contribution in [3.05, 3.63) is 35.5 Å². The minimum absolute atomic E-state index is 0.123. The molecule has 1 aliphatic heterocycles. The molecule has 23 heavy (non-hydrogen) atoms. The molecule has 2 aromatic rings. The molecule has 0 spiro atoms. The van der Waals surface area contributed by atoms with Crippen LogP contribution in [0.5, 0.6) is 0 Å². The van der Waals surface area contributed by atoms with Gasteiger partial charge < -0.3 is 9.64 Å². The molecule has 2 aromatic heterocycles. The standard InChI is InChI=1S/C17H22FN3O2/c1-12-6-7-14-19-15(16(18)21(14)11-12)17(22)20(2)9-8-13-5-3-4-10-23-13/h6-7,11,13H,3-5,8-10H2,1-2H3. The lowest BCUT2D eigenvalue weighted by Gasteiger charge is -2.25. The van der Waals surface area contributed by atoms with Crippen molar-refractivity contribution in [2.75, 3.05) is 20.2 Å². The molecule has 0 N–H and O–H groups in total. The third-order valence-electron chi connectivity index (χ3n) is 4.32. The molecule has 3 heterocycles. The van der Waals surface area contributed by atoms with Crippen LogP contribution in [0.25, 0.3) is 5.65 Å². The molecule has 1 fully saturated rings. The van der Waals surface area contributed by atoms with Gasteiger partial charge in [-0.1, -0.05) is 6.07 Å². The Kier molecular flexibility index (Phi) is 4.61. The summed E-state index contributed by atoms with van der Waals surface area (Å²) in [5, 5.41) is 0. The average Bonchev–Trinajstić information content (AvgIpc) is 2.89. The lowest BCUT2D eigenvalue weighted by Crippen LogP contribution is -2.32. The Morgan fingerprint density at radius 2 is 2.30 bits per heavy atom. The molecule has 0 aliphatic carbocycles. The number of fused-ring (bicyclic) bond motifs is 1. The van der Waals surface area contributed by atoms with Crippen LogP contribution in [0.1, 0.15) is 41.7 Å². The number of nitrogens with zero attached hydrogens (tertiary/aromatic N) is 3. The van der Waals surface area contributed by atoms with Gasteiger partial charge in [0.05, 0.1) is 6.10 Å². The average molecular weight is 319 g/mol. The summed E-state index contributed by atoms with van der Waals surface area (Å²) in [5.41, 5.74) is 1.23. The number of halogens is 1. The highest BCUT2D eigenvalue weighted by atomic mass is 19.1. The summed E-state index contributed by atoms with van der Waals surface area (Å²) in [4.78, 5) is 18.1. The molecule has 1 saturated heterocycles. The number of hydrogen-bond donors (Lipinski definition) is 0. The van der Waals surface area contributed by atoms with E-state index in [1.807, 2.05) is 13.0 Å². The molecule has 0 bridgehead atoms. The summed E-state index contributed by atoms with van der Waals surface area (Å²) in [6.45, 7) is 3.20. The van der Waals surface area contributed by atoms with E-state index in [-0.39, 0.29) is 17.7 Å².